The first-order valence-electron chi connectivity index (χ1n) is 10.5. The Labute approximate surface area is 186 Å². The maximum Gasteiger partial charge on any atom is 0.332 e. The molecule has 0 heterocycles. The Hall–Kier alpha value is -2.08. The van der Waals surface area contributed by atoms with Crippen LogP contribution in [0.5, 0.6) is 0 Å². The number of halogens is 1. The summed E-state index contributed by atoms with van der Waals surface area (Å²) in [6.07, 6.45) is 6.59. The van der Waals surface area contributed by atoms with Gasteiger partial charge in [-0.15, -0.1) is 0 Å². The Balaban J connectivity index is 2.25. The van der Waals surface area contributed by atoms with Crippen LogP contribution in [0.25, 0.3) is 5.57 Å². The normalized spacial score (nSPS) is 25.1. The van der Waals surface area contributed by atoms with Gasteiger partial charge in [-0.25, -0.2) is 4.79 Å². The molecule has 162 valence electrons. The highest BCUT2D eigenvalue weighted by atomic mass is 79.9. The second kappa shape index (κ2) is 8.58. The van der Waals surface area contributed by atoms with E-state index in [-0.39, 0.29) is 11.5 Å². The van der Waals surface area contributed by atoms with Crippen LogP contribution < -0.4 is 4.90 Å². The highest BCUT2D eigenvalue weighted by Gasteiger charge is 2.53. The number of hydrogen-bond acceptors (Lipinski definition) is 3. The van der Waals surface area contributed by atoms with Crippen LogP contribution in [-0.2, 0) is 9.59 Å². The highest BCUT2D eigenvalue weighted by Crippen LogP contribution is 2.53. The Morgan fingerprint density at radius 2 is 1.77 bits per heavy atom. The molecule has 0 saturated heterocycles. The molecule has 0 amide bonds. The van der Waals surface area contributed by atoms with Gasteiger partial charge in [-0.1, -0.05) is 38.3 Å². The third kappa shape index (κ3) is 3.70. The van der Waals surface area contributed by atoms with Crippen LogP contribution in [0.2, 0.25) is 0 Å². The van der Waals surface area contributed by atoms with E-state index in [1.165, 1.54) is 0 Å². The summed E-state index contributed by atoms with van der Waals surface area (Å²) in [6.45, 7) is 3.57. The fourth-order valence-electron chi connectivity index (χ4n) is 5.34. The van der Waals surface area contributed by atoms with Gasteiger partial charge in [0, 0.05) is 30.1 Å². The van der Waals surface area contributed by atoms with Crippen molar-refractivity contribution in [3.8, 4) is 0 Å². The van der Waals surface area contributed by atoms with E-state index in [1.807, 2.05) is 43.3 Å². The summed E-state index contributed by atoms with van der Waals surface area (Å²) < 4.78 is 0.882. The summed E-state index contributed by atoms with van der Waals surface area (Å²) >= 11 is 3.61. The number of carboxylic acid groups (broad SMARTS) is 2. The van der Waals surface area contributed by atoms with Gasteiger partial charge in [0.1, 0.15) is 0 Å². The fourth-order valence-corrected chi connectivity index (χ4v) is 6.07. The highest BCUT2D eigenvalue weighted by molar-refractivity contribution is 9.10. The molecular weight excluding hydrogens is 446 g/mol. The van der Waals surface area contributed by atoms with Crippen molar-refractivity contribution in [2.75, 3.05) is 19.0 Å². The first kappa shape index (κ1) is 22.6. The maximum atomic E-state index is 12.8. The lowest BCUT2D eigenvalue weighted by molar-refractivity contribution is -0.153. The van der Waals surface area contributed by atoms with Gasteiger partial charge in [-0.05, 0) is 70.5 Å². The van der Waals surface area contributed by atoms with Crippen molar-refractivity contribution in [2.24, 2.45) is 17.3 Å². The van der Waals surface area contributed by atoms with E-state index < -0.39 is 23.3 Å². The minimum Gasteiger partial charge on any atom is -0.481 e. The van der Waals surface area contributed by atoms with Gasteiger partial charge in [-0.3, -0.25) is 4.79 Å². The number of allylic oxidation sites excluding steroid dienone is 2. The van der Waals surface area contributed by atoms with E-state index >= 15 is 0 Å². The van der Waals surface area contributed by atoms with Crippen LogP contribution in [0, 0.1) is 17.3 Å². The number of rotatable bonds is 5. The molecule has 6 heteroatoms. The minimum atomic E-state index is -1.21. The number of benzene rings is 1. The number of hydrogen-bond donors (Lipinski definition) is 2. The van der Waals surface area contributed by atoms with Crippen LogP contribution >= 0.6 is 15.9 Å². The fraction of sp³-hybridized carbons (Fsp3) is 0.500. The zero-order valence-electron chi connectivity index (χ0n) is 18.0. The van der Waals surface area contributed by atoms with E-state index in [4.69, 9.17) is 0 Å². The van der Waals surface area contributed by atoms with Crippen molar-refractivity contribution in [1.29, 1.82) is 0 Å². The first-order valence-corrected chi connectivity index (χ1v) is 11.3. The molecule has 3 rings (SSSR count). The van der Waals surface area contributed by atoms with Crippen LogP contribution in [0.1, 0.15) is 51.5 Å². The number of nitrogens with zero attached hydrogens (tertiary/aromatic N) is 1. The maximum absolute atomic E-state index is 12.8. The van der Waals surface area contributed by atoms with Gasteiger partial charge in [0.05, 0.1) is 11.1 Å². The van der Waals surface area contributed by atoms with Crippen LogP contribution in [-0.4, -0.2) is 36.2 Å². The smallest absolute Gasteiger partial charge is 0.332 e. The predicted molar refractivity (Wildman–Crippen MR) is 123 cm³/mol. The van der Waals surface area contributed by atoms with Crippen LogP contribution in [0.4, 0.5) is 5.69 Å². The first-order chi connectivity index (χ1) is 14.1. The molecule has 2 unspecified atom stereocenters. The van der Waals surface area contributed by atoms with E-state index in [2.05, 4.69) is 15.9 Å². The van der Waals surface area contributed by atoms with Crippen LogP contribution in [0.3, 0.4) is 0 Å². The average molecular weight is 476 g/mol. The quantitative estimate of drug-likeness (QED) is 0.579. The third-order valence-corrected chi connectivity index (χ3v) is 7.60. The van der Waals surface area contributed by atoms with Gasteiger partial charge < -0.3 is 15.1 Å². The second-order valence-electron chi connectivity index (χ2n) is 8.76. The summed E-state index contributed by atoms with van der Waals surface area (Å²) in [5.74, 6) is -2.62. The lowest BCUT2D eigenvalue weighted by Crippen LogP contribution is -2.47. The molecule has 5 nitrogen and oxygen atoms in total. The standard InChI is InChI=1S/C24H30BrNO4/c1-14-18(16-10-11-20(26(3)4)19(25)12-16)13-24(23(29)30,15(2)21(14)22(27)28)17-8-6-5-7-9-17/h10-13,15,17H,5-9H2,1-4H3,(H,27,28)(H,29,30). The van der Waals surface area contributed by atoms with Gasteiger partial charge >= 0.3 is 11.9 Å². The average Bonchev–Trinajstić information content (AvgIpc) is 2.68. The number of aliphatic carboxylic acids is 2. The molecular formula is C24H30BrNO4. The zero-order valence-corrected chi connectivity index (χ0v) is 19.6. The predicted octanol–water partition coefficient (Wildman–Crippen LogP) is 5.60. The van der Waals surface area contributed by atoms with Crippen molar-refractivity contribution < 1.29 is 19.8 Å². The Morgan fingerprint density at radius 3 is 2.27 bits per heavy atom. The molecule has 0 spiro atoms. The molecule has 1 aromatic rings. The Morgan fingerprint density at radius 1 is 1.13 bits per heavy atom. The van der Waals surface area contributed by atoms with E-state index in [9.17, 15) is 19.8 Å². The van der Waals surface area contributed by atoms with E-state index in [0.717, 1.165) is 47.8 Å². The molecule has 2 aliphatic rings. The van der Waals surface area contributed by atoms with Gasteiger partial charge in [0.15, 0.2) is 0 Å². The largest absolute Gasteiger partial charge is 0.481 e. The number of anilines is 1. The van der Waals surface area contributed by atoms with Crippen molar-refractivity contribution >= 4 is 39.1 Å². The Bertz CT molecular complexity index is 927. The molecule has 0 aliphatic heterocycles. The molecule has 0 aromatic heterocycles. The van der Waals surface area contributed by atoms with Crippen molar-refractivity contribution in [1.82, 2.24) is 0 Å². The Kier molecular flexibility index (Phi) is 6.46. The third-order valence-electron chi connectivity index (χ3n) is 6.96. The van der Waals surface area contributed by atoms with Gasteiger partial charge in [-0.2, -0.15) is 0 Å². The molecule has 1 saturated carbocycles. The van der Waals surface area contributed by atoms with Gasteiger partial charge in [0.25, 0.3) is 0 Å². The molecule has 2 atom stereocenters. The topological polar surface area (TPSA) is 77.8 Å². The summed E-state index contributed by atoms with van der Waals surface area (Å²) in [6, 6.07) is 5.86. The summed E-state index contributed by atoms with van der Waals surface area (Å²) in [5, 5.41) is 20.5. The summed E-state index contributed by atoms with van der Waals surface area (Å²) in [5.41, 5.74) is 2.19. The lowest BCUT2D eigenvalue weighted by atomic mass is 9.57. The van der Waals surface area contributed by atoms with Gasteiger partial charge in [0.2, 0.25) is 0 Å². The zero-order chi connectivity index (χ0) is 22.2. The second-order valence-corrected chi connectivity index (χ2v) is 9.61. The van der Waals surface area contributed by atoms with E-state index in [0.29, 0.717) is 11.1 Å². The minimum absolute atomic E-state index is 0.0688. The lowest BCUT2D eigenvalue weighted by Gasteiger charge is -2.45. The molecule has 30 heavy (non-hydrogen) atoms. The monoisotopic (exact) mass is 475 g/mol. The summed E-state index contributed by atoms with van der Waals surface area (Å²) in [4.78, 5) is 27.0. The van der Waals surface area contributed by atoms with E-state index in [1.54, 1.807) is 13.8 Å². The van der Waals surface area contributed by atoms with Crippen LogP contribution in [0.15, 0.2) is 39.9 Å². The van der Waals surface area contributed by atoms with Crippen molar-refractivity contribution in [2.45, 2.75) is 46.0 Å². The summed E-state index contributed by atoms with van der Waals surface area (Å²) in [7, 11) is 3.90. The van der Waals surface area contributed by atoms with Crippen molar-refractivity contribution in [3.05, 3.63) is 45.5 Å². The molecule has 2 N–H and O–H groups in total. The molecule has 0 radical (unpaired) electrons. The molecule has 1 fully saturated rings. The number of carboxylic acids is 2. The molecule has 1 aromatic carbocycles. The SMILES string of the molecule is CC1=C(C(=O)O)C(C)C(C(=O)O)(C2CCCCC2)C=C1c1ccc(N(C)C)c(Br)c1. The molecule has 2 aliphatic carbocycles. The number of carbonyl (C=O) groups is 2. The van der Waals surface area contributed by atoms with Crippen molar-refractivity contribution in [3.63, 3.8) is 0 Å². The molecule has 0 bridgehead atoms.